The van der Waals surface area contributed by atoms with E-state index in [4.69, 9.17) is 6.42 Å². The summed E-state index contributed by atoms with van der Waals surface area (Å²) in [5.41, 5.74) is 2.33. The van der Waals surface area contributed by atoms with Crippen molar-refractivity contribution in [1.82, 2.24) is 25.0 Å². The fourth-order valence-electron chi connectivity index (χ4n) is 2.02. The molecule has 0 bridgehead atoms. The van der Waals surface area contributed by atoms with Crippen LogP contribution in [0, 0.1) is 12.3 Å². The number of hydrogen-bond donors (Lipinski definition) is 0. The van der Waals surface area contributed by atoms with E-state index in [1.807, 2.05) is 41.2 Å². The predicted molar refractivity (Wildman–Crippen MR) is 114 cm³/mol. The normalized spacial score (nSPS) is 10.6. The zero-order chi connectivity index (χ0) is 19.2. The molecule has 0 aliphatic heterocycles. The number of terminal acetylenes is 1. The number of rotatable bonds is 3. The van der Waals surface area contributed by atoms with Gasteiger partial charge in [0.1, 0.15) is 20.6 Å². The van der Waals surface area contributed by atoms with Crippen LogP contribution in [-0.2, 0) is 6.17 Å². The van der Waals surface area contributed by atoms with Gasteiger partial charge in [0.05, 0.1) is 20.0 Å². The van der Waals surface area contributed by atoms with Crippen LogP contribution in [0.5, 0.6) is 0 Å². The summed E-state index contributed by atoms with van der Waals surface area (Å²) in [4.78, 5) is 8.34. The summed E-state index contributed by atoms with van der Waals surface area (Å²) in [5, 5.41) is 8.32. The van der Waals surface area contributed by atoms with E-state index in [1.165, 1.54) is 0 Å². The summed E-state index contributed by atoms with van der Waals surface area (Å²) in [6.07, 6.45) is 8.03. The lowest BCUT2D eigenvalue weighted by Crippen LogP contribution is -2.28. The van der Waals surface area contributed by atoms with Crippen molar-refractivity contribution in [3.8, 4) is 23.7 Å². The van der Waals surface area contributed by atoms with E-state index in [2.05, 4.69) is 77.7 Å². The first-order valence-electron chi connectivity index (χ1n) is 7.89. The van der Waals surface area contributed by atoms with Crippen molar-refractivity contribution in [1.29, 1.82) is 0 Å². The third-order valence-corrected chi connectivity index (χ3v) is 5.17. The molecule has 3 aromatic rings. The summed E-state index contributed by atoms with van der Waals surface area (Å²) in [7, 11) is -1.17. The van der Waals surface area contributed by atoms with E-state index in [0.717, 1.165) is 26.8 Å². The smallest absolute Gasteiger partial charge is 0.131 e. The summed E-state index contributed by atoms with van der Waals surface area (Å²) in [5.74, 6) is 2.43. The van der Waals surface area contributed by atoms with Crippen molar-refractivity contribution < 1.29 is 0 Å². The molecule has 3 rings (SSSR count). The summed E-state index contributed by atoms with van der Waals surface area (Å²) in [6.45, 7) is 6.93. The monoisotopic (exact) mass is 491 g/mol. The Morgan fingerprint density at radius 2 is 1.65 bits per heavy atom. The molecule has 5 nitrogen and oxygen atoms in total. The summed E-state index contributed by atoms with van der Waals surface area (Å²) < 4.78 is 3.51. The quantitative estimate of drug-likeness (QED) is 0.299. The molecule has 0 aromatic carbocycles. The van der Waals surface area contributed by atoms with Gasteiger partial charge < -0.3 is 0 Å². The highest BCUT2D eigenvalue weighted by Gasteiger charge is 2.15. The highest BCUT2D eigenvalue weighted by Crippen LogP contribution is 2.16. The van der Waals surface area contributed by atoms with Crippen LogP contribution in [-0.4, -0.2) is 33.0 Å². The number of aromatic nitrogens is 5. The third-order valence-electron chi connectivity index (χ3n) is 3.02. The molecule has 0 fully saturated rings. The molecule has 0 unspecified atom stereocenters. The zero-order valence-electron chi connectivity index (χ0n) is 14.8. The van der Waals surface area contributed by atoms with Crippen molar-refractivity contribution in [2.75, 3.05) is 0 Å². The molecule has 134 valence electrons. The van der Waals surface area contributed by atoms with Gasteiger partial charge >= 0.3 is 0 Å². The van der Waals surface area contributed by atoms with Gasteiger partial charge in [-0.25, -0.2) is 9.97 Å². The van der Waals surface area contributed by atoms with Gasteiger partial charge in [0.2, 0.25) is 0 Å². The molecule has 3 heterocycles. The van der Waals surface area contributed by atoms with Gasteiger partial charge in [-0.3, -0.25) is 4.68 Å². The van der Waals surface area contributed by atoms with Crippen LogP contribution in [0.25, 0.3) is 11.4 Å². The third kappa shape index (κ3) is 6.82. The van der Waals surface area contributed by atoms with E-state index < -0.39 is 8.07 Å². The van der Waals surface area contributed by atoms with Crippen LogP contribution in [0.4, 0.5) is 0 Å². The Labute approximate surface area is 171 Å². The molecule has 26 heavy (non-hydrogen) atoms. The topological polar surface area (TPSA) is 56.5 Å². The minimum absolute atomic E-state index is 0.657. The Balaban J connectivity index is 0.000000228. The predicted octanol–water partition coefficient (Wildman–Crippen LogP) is 4.81. The van der Waals surface area contributed by atoms with Crippen LogP contribution in [0.1, 0.15) is 5.69 Å². The molecular weight excluding hydrogens is 474 g/mol. The Kier molecular flexibility index (Phi) is 7.26. The van der Waals surface area contributed by atoms with Gasteiger partial charge in [-0.2, -0.15) is 0 Å². The second-order valence-electron chi connectivity index (χ2n) is 6.70. The minimum Gasteiger partial charge on any atom is -0.255 e. The van der Waals surface area contributed by atoms with Gasteiger partial charge in [0.25, 0.3) is 0 Å². The molecule has 0 N–H and O–H groups in total. The zero-order valence-corrected chi connectivity index (χ0v) is 19.0. The van der Waals surface area contributed by atoms with Crippen LogP contribution in [0.15, 0.2) is 51.8 Å². The number of nitrogens with zero attached hydrogens (tertiary/aromatic N) is 5. The van der Waals surface area contributed by atoms with Crippen LogP contribution in [0.2, 0.25) is 19.6 Å². The second kappa shape index (κ2) is 9.21. The van der Waals surface area contributed by atoms with Crippen LogP contribution < -0.4 is 0 Å². The largest absolute Gasteiger partial charge is 0.255 e. The van der Waals surface area contributed by atoms with Crippen molar-refractivity contribution in [2.45, 2.75) is 25.8 Å². The fraction of sp³-hybridized carbons (Fsp3) is 0.222. The highest BCUT2D eigenvalue weighted by molar-refractivity contribution is 9.10. The fourth-order valence-corrected chi connectivity index (χ4v) is 3.83. The maximum atomic E-state index is 5.09. The Morgan fingerprint density at radius 3 is 2.19 bits per heavy atom. The van der Waals surface area contributed by atoms with Gasteiger partial charge in [-0.05, 0) is 56.1 Å². The first kappa shape index (κ1) is 20.5. The summed E-state index contributed by atoms with van der Waals surface area (Å²) >= 11 is 6.55. The Bertz CT molecular complexity index is 912. The van der Waals surface area contributed by atoms with E-state index >= 15 is 0 Å². The maximum Gasteiger partial charge on any atom is 0.131 e. The van der Waals surface area contributed by atoms with Crippen LogP contribution in [0.3, 0.4) is 0 Å². The molecule has 0 saturated carbocycles. The molecule has 8 heteroatoms. The molecule has 0 radical (unpaired) electrons. The highest BCUT2D eigenvalue weighted by atomic mass is 79.9. The summed E-state index contributed by atoms with van der Waals surface area (Å²) in [6, 6.07) is 11.3. The Morgan fingerprint density at radius 1 is 1.00 bits per heavy atom. The minimum atomic E-state index is -1.17. The van der Waals surface area contributed by atoms with E-state index in [0.29, 0.717) is 5.69 Å². The van der Waals surface area contributed by atoms with E-state index in [9.17, 15) is 0 Å². The van der Waals surface area contributed by atoms with Crippen molar-refractivity contribution >= 4 is 39.9 Å². The molecular formula is C18H19Br2N5Si. The van der Waals surface area contributed by atoms with Gasteiger partial charge in [-0.15, -0.1) is 11.5 Å². The average Bonchev–Trinajstić information content (AvgIpc) is 3.02. The number of halogens is 2. The second-order valence-corrected chi connectivity index (χ2v) is 13.8. The van der Waals surface area contributed by atoms with Crippen molar-refractivity contribution in [3.63, 3.8) is 0 Å². The first-order chi connectivity index (χ1) is 12.3. The molecule has 0 aliphatic rings. The molecule has 0 saturated heterocycles. The molecule has 0 amide bonds. The lowest BCUT2D eigenvalue weighted by molar-refractivity contribution is 0.681. The lowest BCUT2D eigenvalue weighted by Gasteiger charge is -2.14. The molecule has 0 atom stereocenters. The first-order valence-corrected chi connectivity index (χ1v) is 13.2. The van der Waals surface area contributed by atoms with Crippen molar-refractivity contribution in [2.24, 2.45) is 0 Å². The van der Waals surface area contributed by atoms with Gasteiger partial charge in [0.15, 0.2) is 0 Å². The lowest BCUT2D eigenvalue weighted by atomic mass is 10.3. The Hall–Kier alpha value is -1.82. The van der Waals surface area contributed by atoms with Gasteiger partial charge in [-0.1, -0.05) is 42.9 Å². The standard InChI is InChI=1S/C11H15BrN4Si.C7H4BrN/c1-17(2,3)8-16-7-10(14-15-16)9-5-4-6-11(12)13-9;1-2-6-4-3-5-7(8)9-6/h4-7H,8H2,1-3H3;1,3-5H. The SMILES string of the molecule is C#Cc1cccc(Br)n1.C[Si](C)(C)Cn1cc(-c2cccc(Br)n2)nn1. The van der Waals surface area contributed by atoms with Crippen LogP contribution >= 0.6 is 31.9 Å². The van der Waals surface area contributed by atoms with Crippen molar-refractivity contribution in [3.05, 3.63) is 57.5 Å². The average molecular weight is 493 g/mol. The maximum absolute atomic E-state index is 5.09. The number of hydrogen-bond acceptors (Lipinski definition) is 4. The van der Waals surface area contributed by atoms with E-state index in [1.54, 1.807) is 6.07 Å². The van der Waals surface area contributed by atoms with Gasteiger partial charge in [0, 0.05) is 6.17 Å². The molecule has 0 aliphatic carbocycles. The molecule has 3 aromatic heterocycles. The number of pyridine rings is 2. The molecule has 0 spiro atoms. The van der Waals surface area contributed by atoms with E-state index in [-0.39, 0.29) is 0 Å².